The minimum absolute atomic E-state index is 0.0322. The van der Waals surface area contributed by atoms with Crippen LogP contribution in [0.5, 0.6) is 0 Å². The zero-order chi connectivity index (χ0) is 19.5. The maximum atomic E-state index is 10.4. The summed E-state index contributed by atoms with van der Waals surface area (Å²) in [5.74, 6) is -0.900. The lowest BCUT2D eigenvalue weighted by Crippen LogP contribution is -2.05. The maximum absolute atomic E-state index is 10.4. The molecule has 144 valence electrons. The summed E-state index contributed by atoms with van der Waals surface area (Å²) in [5, 5.41) is 27.7. The van der Waals surface area contributed by atoms with Crippen LogP contribution in [-0.2, 0) is 4.79 Å². The molecule has 3 N–H and O–H groups in total. The number of allylic oxidation sites excluding steroid dienone is 9. The molecule has 0 saturated heterocycles. The van der Waals surface area contributed by atoms with E-state index in [1.807, 2.05) is 48.6 Å². The van der Waals surface area contributed by atoms with Crippen LogP contribution < -0.4 is 0 Å². The van der Waals surface area contributed by atoms with E-state index in [4.69, 9.17) is 5.11 Å². The van der Waals surface area contributed by atoms with E-state index in [2.05, 4.69) is 13.0 Å². The van der Waals surface area contributed by atoms with Gasteiger partial charge in [0.2, 0.25) is 0 Å². The Balaban J connectivity index is 3.80. The Morgan fingerprint density at radius 2 is 1.38 bits per heavy atom. The molecule has 4 heteroatoms. The first-order chi connectivity index (χ1) is 12.6. The van der Waals surface area contributed by atoms with Gasteiger partial charge < -0.3 is 15.3 Å². The molecule has 0 aromatic rings. The Labute approximate surface area is 157 Å². The summed E-state index contributed by atoms with van der Waals surface area (Å²) in [6.45, 7) is 2.07. The highest BCUT2D eigenvalue weighted by Gasteiger charge is 2.02. The van der Waals surface area contributed by atoms with Crippen LogP contribution in [0.1, 0.15) is 45.4 Å². The van der Waals surface area contributed by atoms with Crippen molar-refractivity contribution in [3.05, 3.63) is 72.9 Å². The summed E-state index contributed by atoms with van der Waals surface area (Å²) < 4.78 is 0. The molecule has 0 fully saturated rings. The number of hydrogen-bond acceptors (Lipinski definition) is 3. The Kier molecular flexibility index (Phi) is 16.2. The molecule has 0 radical (unpaired) electrons. The van der Waals surface area contributed by atoms with Gasteiger partial charge >= 0.3 is 5.97 Å². The summed E-state index contributed by atoms with van der Waals surface area (Å²) >= 11 is 0. The second-order valence-corrected chi connectivity index (χ2v) is 5.75. The molecule has 0 aliphatic heterocycles. The van der Waals surface area contributed by atoms with Gasteiger partial charge in [0.25, 0.3) is 0 Å². The fourth-order valence-electron chi connectivity index (χ4n) is 1.90. The van der Waals surface area contributed by atoms with Crippen LogP contribution in [0.4, 0.5) is 0 Å². The molecule has 0 aromatic carbocycles. The van der Waals surface area contributed by atoms with Crippen molar-refractivity contribution in [2.75, 3.05) is 0 Å². The van der Waals surface area contributed by atoms with Crippen LogP contribution in [0, 0.1) is 0 Å². The average Bonchev–Trinajstić information content (AvgIpc) is 2.61. The lowest BCUT2D eigenvalue weighted by molar-refractivity contribution is -0.137. The summed E-state index contributed by atoms with van der Waals surface area (Å²) in [7, 11) is 0. The van der Waals surface area contributed by atoms with Crippen LogP contribution in [0.15, 0.2) is 72.9 Å². The number of aliphatic carboxylic acids is 1. The average molecular weight is 360 g/mol. The molecule has 4 nitrogen and oxygen atoms in total. The smallest absolute Gasteiger partial charge is 0.303 e. The zero-order valence-corrected chi connectivity index (χ0v) is 15.6. The molecule has 26 heavy (non-hydrogen) atoms. The molecule has 0 aromatic heterocycles. The van der Waals surface area contributed by atoms with Crippen molar-refractivity contribution in [3.8, 4) is 0 Å². The first kappa shape index (κ1) is 23.8. The van der Waals surface area contributed by atoms with Crippen molar-refractivity contribution in [2.24, 2.45) is 0 Å². The Bertz CT molecular complexity index is 524. The maximum Gasteiger partial charge on any atom is 0.303 e. The second kappa shape index (κ2) is 17.6. The standard InChI is InChI=1S/C22H32O4/c1-2-3-12-15-20(23)16-13-10-8-6-4-5-7-9-11-14-17-21(24)18-19-22(25)26/h3-5,8-14,16-17,20-21,23-24H,2,6-7,15,18-19H2,1H3,(H,25,26)/b5-4-,10-8-,11-9-,12-3-,16-13+,17-14+/t20-,21+/m0/s1. The van der Waals surface area contributed by atoms with Crippen molar-refractivity contribution in [1.82, 2.24) is 0 Å². The van der Waals surface area contributed by atoms with Crippen molar-refractivity contribution < 1.29 is 20.1 Å². The molecule has 0 bridgehead atoms. The van der Waals surface area contributed by atoms with Crippen molar-refractivity contribution in [1.29, 1.82) is 0 Å². The van der Waals surface area contributed by atoms with Crippen molar-refractivity contribution >= 4 is 5.97 Å². The minimum Gasteiger partial charge on any atom is -0.481 e. The van der Waals surface area contributed by atoms with Gasteiger partial charge in [-0.15, -0.1) is 0 Å². The Hall–Kier alpha value is -2.17. The molecule has 0 aliphatic carbocycles. The van der Waals surface area contributed by atoms with Crippen LogP contribution in [0.2, 0.25) is 0 Å². The van der Waals surface area contributed by atoms with Gasteiger partial charge in [-0.25, -0.2) is 0 Å². The summed E-state index contributed by atoms with van der Waals surface area (Å²) in [6.07, 6.45) is 25.1. The molecule has 0 rings (SSSR count). The van der Waals surface area contributed by atoms with Crippen LogP contribution >= 0.6 is 0 Å². The topological polar surface area (TPSA) is 77.8 Å². The molecule has 0 unspecified atom stereocenters. The quantitative estimate of drug-likeness (QED) is 0.315. The fraction of sp³-hybridized carbons (Fsp3) is 0.409. The molecule has 0 aliphatic rings. The van der Waals surface area contributed by atoms with Gasteiger partial charge in [0, 0.05) is 6.42 Å². The highest BCUT2D eigenvalue weighted by Crippen LogP contribution is 2.00. The number of carboxylic acid groups (broad SMARTS) is 1. The molecular weight excluding hydrogens is 328 g/mol. The number of carboxylic acids is 1. The third-order valence-electron chi connectivity index (χ3n) is 3.31. The van der Waals surface area contributed by atoms with E-state index < -0.39 is 18.2 Å². The lowest BCUT2D eigenvalue weighted by atomic mass is 10.2. The van der Waals surface area contributed by atoms with Crippen LogP contribution in [-0.4, -0.2) is 33.5 Å². The van der Waals surface area contributed by atoms with Gasteiger partial charge in [0.15, 0.2) is 0 Å². The minimum atomic E-state index is -0.900. The van der Waals surface area contributed by atoms with E-state index in [1.54, 1.807) is 18.2 Å². The monoisotopic (exact) mass is 360 g/mol. The van der Waals surface area contributed by atoms with Gasteiger partial charge in [-0.2, -0.15) is 0 Å². The molecule has 0 heterocycles. The predicted molar refractivity (Wildman–Crippen MR) is 108 cm³/mol. The van der Waals surface area contributed by atoms with Crippen LogP contribution in [0.3, 0.4) is 0 Å². The van der Waals surface area contributed by atoms with Gasteiger partial charge in [-0.05, 0) is 32.1 Å². The highest BCUT2D eigenvalue weighted by molar-refractivity contribution is 5.66. The summed E-state index contributed by atoms with van der Waals surface area (Å²) in [6, 6.07) is 0. The fourth-order valence-corrected chi connectivity index (χ4v) is 1.90. The van der Waals surface area contributed by atoms with E-state index in [0.29, 0.717) is 6.42 Å². The van der Waals surface area contributed by atoms with Crippen molar-refractivity contribution in [2.45, 2.75) is 57.7 Å². The summed E-state index contributed by atoms with van der Waals surface area (Å²) in [5.41, 5.74) is 0. The highest BCUT2D eigenvalue weighted by atomic mass is 16.4. The normalized spacial score (nSPS) is 15.5. The van der Waals surface area contributed by atoms with Crippen molar-refractivity contribution in [3.63, 3.8) is 0 Å². The number of hydrogen-bond donors (Lipinski definition) is 3. The van der Waals surface area contributed by atoms with E-state index >= 15 is 0 Å². The van der Waals surface area contributed by atoms with Gasteiger partial charge in [-0.3, -0.25) is 4.79 Å². The van der Waals surface area contributed by atoms with Gasteiger partial charge in [0.05, 0.1) is 12.2 Å². The third-order valence-corrected chi connectivity index (χ3v) is 3.31. The molecule has 0 amide bonds. The Morgan fingerprint density at radius 1 is 0.808 bits per heavy atom. The van der Waals surface area contributed by atoms with E-state index in [0.717, 1.165) is 19.3 Å². The second-order valence-electron chi connectivity index (χ2n) is 5.75. The SMILES string of the molecule is CC/C=C\C[C@H](O)/C=C/C=C\C/C=C\C/C=C\C=C\[C@@H](O)CCC(=O)O. The first-order valence-corrected chi connectivity index (χ1v) is 9.10. The Morgan fingerprint density at radius 3 is 1.92 bits per heavy atom. The van der Waals surface area contributed by atoms with E-state index in [1.165, 1.54) is 0 Å². The molecular formula is C22H32O4. The van der Waals surface area contributed by atoms with Gasteiger partial charge in [-0.1, -0.05) is 79.8 Å². The van der Waals surface area contributed by atoms with Gasteiger partial charge in [0.1, 0.15) is 0 Å². The molecule has 2 atom stereocenters. The first-order valence-electron chi connectivity index (χ1n) is 9.10. The molecule has 0 spiro atoms. The largest absolute Gasteiger partial charge is 0.481 e. The number of aliphatic hydroxyl groups is 2. The van der Waals surface area contributed by atoms with Crippen LogP contribution in [0.25, 0.3) is 0 Å². The summed E-state index contributed by atoms with van der Waals surface area (Å²) in [4.78, 5) is 10.4. The molecule has 0 saturated carbocycles. The lowest BCUT2D eigenvalue weighted by Gasteiger charge is -2.00. The third kappa shape index (κ3) is 18.2. The van der Waals surface area contributed by atoms with E-state index in [9.17, 15) is 15.0 Å². The number of aliphatic hydroxyl groups excluding tert-OH is 2. The number of rotatable bonds is 14. The predicted octanol–water partition coefficient (Wildman–Crippen LogP) is 4.49. The van der Waals surface area contributed by atoms with E-state index in [-0.39, 0.29) is 12.8 Å². The number of carbonyl (C=O) groups is 1. The zero-order valence-electron chi connectivity index (χ0n) is 15.6.